The van der Waals surface area contributed by atoms with Gasteiger partial charge in [-0.05, 0) is 63.9 Å². The van der Waals surface area contributed by atoms with Crippen molar-refractivity contribution in [2.24, 2.45) is 0 Å². The maximum absolute atomic E-state index is 13.2. The normalized spacial score (nSPS) is 11.8. The predicted molar refractivity (Wildman–Crippen MR) is 116 cm³/mol. The molecule has 0 heterocycles. The first-order valence-corrected chi connectivity index (χ1v) is 10.3. The quantitative estimate of drug-likeness (QED) is 0.592. The highest BCUT2D eigenvalue weighted by atomic mass is 19.1. The minimum Gasteiger partial charge on any atom is -0.494 e. The lowest BCUT2D eigenvalue weighted by molar-refractivity contribution is -0.141. The van der Waals surface area contributed by atoms with Gasteiger partial charge in [0.2, 0.25) is 11.8 Å². The van der Waals surface area contributed by atoms with E-state index in [1.54, 1.807) is 19.1 Å². The summed E-state index contributed by atoms with van der Waals surface area (Å²) < 4.78 is 18.9. The minimum absolute atomic E-state index is 0.0226. The van der Waals surface area contributed by atoms with Gasteiger partial charge in [-0.1, -0.05) is 29.8 Å². The number of rotatable bonds is 10. The number of hydrogen-bond acceptors (Lipinski definition) is 3. The molecule has 0 fully saturated rings. The number of carbonyl (C=O) groups is 2. The summed E-state index contributed by atoms with van der Waals surface area (Å²) in [6.07, 6.45) is 0.789. The van der Waals surface area contributed by atoms with Crippen molar-refractivity contribution in [1.29, 1.82) is 0 Å². The highest BCUT2D eigenvalue weighted by Crippen LogP contribution is 2.15. The average Bonchev–Trinajstić information content (AvgIpc) is 2.71. The molecule has 2 aromatic carbocycles. The van der Waals surface area contributed by atoms with E-state index in [4.69, 9.17) is 4.74 Å². The number of nitrogens with one attached hydrogen (secondary N) is 1. The Labute approximate surface area is 178 Å². The molecule has 0 aliphatic rings. The highest BCUT2D eigenvalue weighted by molar-refractivity contribution is 5.87. The first-order valence-electron chi connectivity index (χ1n) is 10.3. The Kier molecular flexibility index (Phi) is 8.84. The van der Waals surface area contributed by atoms with Crippen molar-refractivity contribution in [1.82, 2.24) is 10.2 Å². The van der Waals surface area contributed by atoms with Gasteiger partial charge in [-0.3, -0.25) is 9.59 Å². The number of benzene rings is 2. The van der Waals surface area contributed by atoms with Crippen LogP contribution in [0.1, 0.15) is 44.7 Å². The Balaban J connectivity index is 1.98. The molecular weight excluding hydrogens is 383 g/mol. The van der Waals surface area contributed by atoms with Crippen LogP contribution in [0.2, 0.25) is 0 Å². The Morgan fingerprint density at radius 3 is 2.27 bits per heavy atom. The van der Waals surface area contributed by atoms with Crippen molar-refractivity contribution in [3.8, 4) is 5.75 Å². The van der Waals surface area contributed by atoms with E-state index in [2.05, 4.69) is 5.32 Å². The van der Waals surface area contributed by atoms with E-state index < -0.39 is 6.04 Å². The molecule has 0 radical (unpaired) electrons. The number of halogens is 1. The van der Waals surface area contributed by atoms with Gasteiger partial charge in [0.1, 0.15) is 17.6 Å². The number of amides is 2. The molecule has 0 aromatic heterocycles. The van der Waals surface area contributed by atoms with E-state index >= 15 is 0 Å². The lowest BCUT2D eigenvalue weighted by Crippen LogP contribution is -2.49. The molecule has 6 heteroatoms. The fourth-order valence-electron chi connectivity index (χ4n) is 2.97. The maximum Gasteiger partial charge on any atom is 0.242 e. The molecule has 5 nitrogen and oxygen atoms in total. The number of ether oxygens (including phenoxy) is 1. The number of hydrogen-bond donors (Lipinski definition) is 1. The molecule has 0 aliphatic carbocycles. The smallest absolute Gasteiger partial charge is 0.242 e. The minimum atomic E-state index is -0.636. The van der Waals surface area contributed by atoms with Gasteiger partial charge >= 0.3 is 0 Å². The Bertz CT molecular complexity index is 819. The topological polar surface area (TPSA) is 58.6 Å². The molecule has 2 rings (SSSR count). The van der Waals surface area contributed by atoms with Crippen LogP contribution in [0.3, 0.4) is 0 Å². The van der Waals surface area contributed by atoms with E-state index in [0.717, 1.165) is 16.9 Å². The lowest BCUT2D eigenvalue weighted by atomic mass is 10.1. The van der Waals surface area contributed by atoms with Crippen LogP contribution < -0.4 is 10.1 Å². The molecule has 2 amide bonds. The van der Waals surface area contributed by atoms with Crippen molar-refractivity contribution in [3.63, 3.8) is 0 Å². The molecular formula is C24H31FN2O3. The van der Waals surface area contributed by atoms with Gasteiger partial charge in [0.05, 0.1) is 6.61 Å². The third-order valence-corrected chi connectivity index (χ3v) is 4.69. The van der Waals surface area contributed by atoms with Crippen LogP contribution in [0.25, 0.3) is 0 Å². The number of nitrogens with zero attached hydrogens (tertiary/aromatic N) is 1. The largest absolute Gasteiger partial charge is 0.494 e. The first kappa shape index (κ1) is 23.4. The van der Waals surface area contributed by atoms with E-state index in [1.165, 1.54) is 17.0 Å². The SMILES string of the molecule is Cc1ccc(OCCCC(=O)N(Cc2ccc(F)cc2)[C@H](C)C(=O)NC(C)C)cc1. The predicted octanol–water partition coefficient (Wildman–Crippen LogP) is 4.24. The van der Waals surface area contributed by atoms with Crippen LogP contribution in [0.4, 0.5) is 4.39 Å². The van der Waals surface area contributed by atoms with Crippen molar-refractivity contribution in [3.05, 3.63) is 65.5 Å². The van der Waals surface area contributed by atoms with Crippen molar-refractivity contribution in [2.75, 3.05) is 6.61 Å². The molecule has 162 valence electrons. The lowest BCUT2D eigenvalue weighted by Gasteiger charge is -2.29. The summed E-state index contributed by atoms with van der Waals surface area (Å²) in [7, 11) is 0. The average molecular weight is 415 g/mol. The van der Waals surface area contributed by atoms with Crippen molar-refractivity contribution < 1.29 is 18.7 Å². The van der Waals surface area contributed by atoms with Gasteiger partial charge in [0.25, 0.3) is 0 Å². The van der Waals surface area contributed by atoms with E-state index in [1.807, 2.05) is 45.0 Å². The van der Waals surface area contributed by atoms with Crippen LogP contribution in [0.15, 0.2) is 48.5 Å². The summed E-state index contributed by atoms with van der Waals surface area (Å²) in [4.78, 5) is 27.0. The van der Waals surface area contributed by atoms with Crippen LogP contribution in [-0.4, -0.2) is 35.4 Å². The van der Waals surface area contributed by atoms with E-state index in [-0.39, 0.29) is 36.6 Å². The Hall–Kier alpha value is -2.89. The summed E-state index contributed by atoms with van der Waals surface area (Å²) in [5, 5.41) is 2.85. The van der Waals surface area contributed by atoms with Gasteiger partial charge in [0, 0.05) is 19.0 Å². The molecule has 0 aliphatic heterocycles. The van der Waals surface area contributed by atoms with Gasteiger partial charge in [-0.2, -0.15) is 0 Å². The van der Waals surface area contributed by atoms with Crippen LogP contribution in [0, 0.1) is 12.7 Å². The van der Waals surface area contributed by atoms with Gasteiger partial charge in [0.15, 0.2) is 0 Å². The van der Waals surface area contributed by atoms with Crippen molar-refractivity contribution >= 4 is 11.8 Å². The van der Waals surface area contributed by atoms with Crippen LogP contribution in [-0.2, 0) is 16.1 Å². The monoisotopic (exact) mass is 414 g/mol. The van der Waals surface area contributed by atoms with Gasteiger partial charge in [-0.15, -0.1) is 0 Å². The number of carbonyl (C=O) groups excluding carboxylic acids is 2. The molecule has 0 bridgehead atoms. The van der Waals surface area contributed by atoms with Crippen molar-refractivity contribution in [2.45, 2.75) is 59.2 Å². The molecule has 0 saturated heterocycles. The molecule has 1 N–H and O–H groups in total. The summed E-state index contributed by atoms with van der Waals surface area (Å²) in [6, 6.07) is 13.0. The molecule has 0 unspecified atom stereocenters. The summed E-state index contributed by atoms with van der Waals surface area (Å²) in [6.45, 7) is 8.12. The third kappa shape index (κ3) is 7.50. The zero-order valence-electron chi connectivity index (χ0n) is 18.2. The summed E-state index contributed by atoms with van der Waals surface area (Å²) in [5.74, 6) is 0.0750. The summed E-state index contributed by atoms with van der Waals surface area (Å²) in [5.41, 5.74) is 1.92. The van der Waals surface area contributed by atoms with Crippen LogP contribution in [0.5, 0.6) is 5.75 Å². The van der Waals surface area contributed by atoms with Crippen LogP contribution >= 0.6 is 0 Å². The molecule has 0 saturated carbocycles. The Morgan fingerprint density at radius 1 is 1.03 bits per heavy atom. The second kappa shape index (κ2) is 11.3. The second-order valence-corrected chi connectivity index (χ2v) is 7.75. The molecule has 30 heavy (non-hydrogen) atoms. The molecule has 2 aromatic rings. The molecule has 0 spiro atoms. The van der Waals surface area contributed by atoms with E-state index in [9.17, 15) is 14.0 Å². The first-order chi connectivity index (χ1) is 14.3. The molecule has 1 atom stereocenters. The van der Waals surface area contributed by atoms with Gasteiger partial charge < -0.3 is 15.0 Å². The summed E-state index contributed by atoms with van der Waals surface area (Å²) >= 11 is 0. The third-order valence-electron chi connectivity index (χ3n) is 4.69. The van der Waals surface area contributed by atoms with Gasteiger partial charge in [-0.25, -0.2) is 4.39 Å². The fraction of sp³-hybridized carbons (Fsp3) is 0.417. The Morgan fingerprint density at radius 2 is 1.67 bits per heavy atom. The van der Waals surface area contributed by atoms with E-state index in [0.29, 0.717) is 13.0 Å². The zero-order chi connectivity index (χ0) is 22.1. The maximum atomic E-state index is 13.2. The standard InChI is InChI=1S/C24H31FN2O3/c1-17(2)26-24(29)19(4)27(16-20-9-11-21(25)12-10-20)23(28)6-5-15-30-22-13-7-18(3)8-14-22/h7-14,17,19H,5-6,15-16H2,1-4H3,(H,26,29)/t19-/m1/s1. The highest BCUT2D eigenvalue weighted by Gasteiger charge is 2.26. The second-order valence-electron chi connectivity index (χ2n) is 7.75. The zero-order valence-corrected chi connectivity index (χ0v) is 18.2. The number of aryl methyl sites for hydroxylation is 1. The fourth-order valence-corrected chi connectivity index (χ4v) is 2.97.